The average Bonchev–Trinajstić information content (AvgIpc) is 3.34. The number of nitrogens with two attached hydrogens (primary N) is 1. The maximum absolute atomic E-state index is 6.19. The number of benzene rings is 2. The van der Waals surface area contributed by atoms with Crippen molar-refractivity contribution in [2.24, 2.45) is 0 Å². The second kappa shape index (κ2) is 7.95. The second-order valence-corrected chi connectivity index (χ2v) is 7.19. The van der Waals surface area contributed by atoms with Crippen molar-refractivity contribution in [3.63, 3.8) is 0 Å². The Hall–Kier alpha value is -2.97. The third-order valence-corrected chi connectivity index (χ3v) is 5.23. The van der Waals surface area contributed by atoms with Gasteiger partial charge in [0.1, 0.15) is 12.0 Å². The topological polar surface area (TPSA) is 92.0 Å². The van der Waals surface area contributed by atoms with E-state index in [-0.39, 0.29) is 0 Å². The number of nitrogen functional groups attached to an aromatic ring is 1. The Morgan fingerprint density at radius 1 is 1.14 bits per heavy atom. The summed E-state index contributed by atoms with van der Waals surface area (Å²) < 4.78 is 12.4. The van der Waals surface area contributed by atoms with Gasteiger partial charge in [0.05, 0.1) is 18.4 Å². The molecule has 7 nitrogen and oxygen atoms in total. The van der Waals surface area contributed by atoms with Gasteiger partial charge in [0, 0.05) is 16.3 Å². The summed E-state index contributed by atoms with van der Waals surface area (Å²) in [6, 6.07) is 14.8. The molecule has 0 radical (unpaired) electrons. The predicted octanol–water partition coefficient (Wildman–Crippen LogP) is 4.27. The van der Waals surface area contributed by atoms with Crippen LogP contribution in [0.2, 0.25) is 5.02 Å². The zero-order chi connectivity index (χ0) is 19.5. The van der Waals surface area contributed by atoms with E-state index < -0.39 is 0 Å². The van der Waals surface area contributed by atoms with Crippen LogP contribution in [0.3, 0.4) is 0 Å². The lowest BCUT2D eigenvalue weighted by Gasteiger charge is -2.07. The van der Waals surface area contributed by atoms with Crippen LogP contribution >= 0.6 is 23.4 Å². The third kappa shape index (κ3) is 3.69. The molecule has 0 saturated carbocycles. The smallest absolute Gasteiger partial charge is 0.226 e. The monoisotopic (exact) mass is 413 g/mol. The number of nitrogens with zero attached hydrogens (tertiary/aromatic N) is 4. The Morgan fingerprint density at radius 3 is 2.71 bits per heavy atom. The Balaban J connectivity index is 1.49. The molecule has 2 aromatic heterocycles. The van der Waals surface area contributed by atoms with Gasteiger partial charge in [-0.25, -0.2) is 9.66 Å². The minimum atomic E-state index is 0.530. The van der Waals surface area contributed by atoms with Crippen LogP contribution in [0.5, 0.6) is 5.75 Å². The molecule has 0 spiro atoms. The largest absolute Gasteiger partial charge is 0.496 e. The second-order valence-electron chi connectivity index (χ2n) is 5.82. The summed E-state index contributed by atoms with van der Waals surface area (Å²) in [6.07, 6.45) is 1.62. The van der Waals surface area contributed by atoms with Gasteiger partial charge in [-0.2, -0.15) is 0 Å². The van der Waals surface area contributed by atoms with Crippen molar-refractivity contribution >= 4 is 23.4 Å². The number of ether oxygens (including phenoxy) is 1. The summed E-state index contributed by atoms with van der Waals surface area (Å²) in [5, 5.41) is 9.61. The highest BCUT2D eigenvalue weighted by Gasteiger charge is 2.16. The van der Waals surface area contributed by atoms with Crippen molar-refractivity contribution < 1.29 is 9.15 Å². The van der Waals surface area contributed by atoms with Gasteiger partial charge >= 0.3 is 0 Å². The van der Waals surface area contributed by atoms with Crippen molar-refractivity contribution in [3.8, 4) is 28.6 Å². The van der Waals surface area contributed by atoms with E-state index >= 15 is 0 Å². The molecule has 0 unspecified atom stereocenters. The van der Waals surface area contributed by atoms with Gasteiger partial charge in [-0.1, -0.05) is 35.5 Å². The van der Waals surface area contributed by atoms with E-state index in [9.17, 15) is 0 Å². The zero-order valence-electron chi connectivity index (χ0n) is 14.9. The van der Waals surface area contributed by atoms with Crippen LogP contribution in [0.15, 0.2) is 64.4 Å². The quantitative estimate of drug-likeness (QED) is 0.372. The molecule has 0 aliphatic heterocycles. The van der Waals surface area contributed by atoms with Gasteiger partial charge in [0.2, 0.25) is 11.0 Å². The van der Waals surface area contributed by atoms with Crippen LogP contribution in [-0.2, 0) is 5.75 Å². The number of rotatable bonds is 6. The van der Waals surface area contributed by atoms with Gasteiger partial charge < -0.3 is 15.0 Å². The Labute approximate surface area is 170 Å². The first-order chi connectivity index (χ1) is 13.7. The fourth-order valence-electron chi connectivity index (χ4n) is 2.63. The molecule has 2 aromatic carbocycles. The minimum Gasteiger partial charge on any atom is -0.496 e. The molecule has 28 heavy (non-hydrogen) atoms. The molecule has 0 aliphatic rings. The lowest BCUT2D eigenvalue weighted by molar-refractivity contribution is 0.416. The highest BCUT2D eigenvalue weighted by Crippen LogP contribution is 2.30. The van der Waals surface area contributed by atoms with Crippen LogP contribution < -0.4 is 10.6 Å². The molecule has 2 N–H and O–H groups in total. The van der Waals surface area contributed by atoms with Gasteiger partial charge in [-0.15, -0.1) is 10.2 Å². The summed E-state index contributed by atoms with van der Waals surface area (Å²) in [5.41, 5.74) is 2.41. The normalized spacial score (nSPS) is 10.9. The molecule has 9 heteroatoms. The van der Waals surface area contributed by atoms with E-state index in [2.05, 4.69) is 15.2 Å². The highest BCUT2D eigenvalue weighted by atomic mass is 35.5. The lowest BCUT2D eigenvalue weighted by Crippen LogP contribution is -2.12. The fraction of sp³-hybridized carbons (Fsp3) is 0.105. The van der Waals surface area contributed by atoms with Crippen LogP contribution in [0.25, 0.3) is 22.8 Å². The zero-order valence-corrected chi connectivity index (χ0v) is 16.4. The average molecular weight is 414 g/mol. The summed E-state index contributed by atoms with van der Waals surface area (Å²) in [5.74, 6) is 8.48. The fourth-order valence-corrected chi connectivity index (χ4v) is 3.48. The van der Waals surface area contributed by atoms with Gasteiger partial charge in [0.15, 0.2) is 5.82 Å². The first-order valence-corrected chi connectivity index (χ1v) is 9.69. The molecule has 0 atom stereocenters. The number of halogens is 1. The number of oxazole rings is 1. The Kier molecular flexibility index (Phi) is 5.23. The number of methoxy groups -OCH3 is 1. The molecule has 0 aliphatic carbocycles. The van der Waals surface area contributed by atoms with Crippen molar-refractivity contribution in [3.05, 3.63) is 65.5 Å². The maximum atomic E-state index is 6.19. The standard InChI is InChI=1S/C19H16ClN5O2S/c1-26-16-5-3-2-4-15(16)17-23-24-19(25(17)21)28-11-14-10-27-18(22-14)12-6-8-13(20)9-7-12/h2-10H,11,21H2,1H3. The number of thioether (sulfide) groups is 1. The van der Waals surface area contributed by atoms with E-state index in [0.717, 1.165) is 16.8 Å². The van der Waals surface area contributed by atoms with Crippen LogP contribution in [0.1, 0.15) is 5.69 Å². The summed E-state index contributed by atoms with van der Waals surface area (Å²) in [7, 11) is 1.61. The van der Waals surface area contributed by atoms with Crippen LogP contribution in [0.4, 0.5) is 0 Å². The Bertz CT molecular complexity index is 1090. The first-order valence-electron chi connectivity index (χ1n) is 8.32. The molecule has 0 saturated heterocycles. The third-order valence-electron chi connectivity index (χ3n) is 4.00. The van der Waals surface area contributed by atoms with E-state index in [0.29, 0.717) is 33.4 Å². The number of hydrogen-bond acceptors (Lipinski definition) is 7. The maximum Gasteiger partial charge on any atom is 0.226 e. The number of aromatic nitrogens is 4. The van der Waals surface area contributed by atoms with E-state index in [1.165, 1.54) is 16.4 Å². The van der Waals surface area contributed by atoms with Crippen LogP contribution in [0, 0.1) is 0 Å². The molecule has 142 valence electrons. The molecule has 0 bridgehead atoms. The summed E-state index contributed by atoms with van der Waals surface area (Å²) >= 11 is 7.33. The van der Waals surface area contributed by atoms with Crippen molar-refractivity contribution in [1.29, 1.82) is 0 Å². The number of para-hydroxylation sites is 1. The summed E-state index contributed by atoms with van der Waals surface area (Å²) in [4.78, 5) is 4.50. The number of hydrogen-bond donors (Lipinski definition) is 1. The van der Waals surface area contributed by atoms with E-state index in [1.807, 2.05) is 36.4 Å². The molecular formula is C19H16ClN5O2S. The predicted molar refractivity (Wildman–Crippen MR) is 109 cm³/mol. The van der Waals surface area contributed by atoms with Crippen molar-refractivity contribution in [2.45, 2.75) is 10.9 Å². The van der Waals surface area contributed by atoms with Crippen molar-refractivity contribution in [2.75, 3.05) is 13.0 Å². The van der Waals surface area contributed by atoms with Crippen LogP contribution in [-0.4, -0.2) is 27.0 Å². The molecule has 0 amide bonds. The van der Waals surface area contributed by atoms with Gasteiger partial charge in [-0.3, -0.25) is 0 Å². The molecule has 0 fully saturated rings. The molecule has 4 rings (SSSR count). The first kappa shape index (κ1) is 18.4. The SMILES string of the molecule is COc1ccccc1-c1nnc(SCc2coc(-c3ccc(Cl)cc3)n2)n1N. The lowest BCUT2D eigenvalue weighted by atomic mass is 10.2. The Morgan fingerprint density at radius 2 is 1.93 bits per heavy atom. The van der Waals surface area contributed by atoms with Gasteiger partial charge in [0.25, 0.3) is 0 Å². The van der Waals surface area contributed by atoms with Crippen molar-refractivity contribution in [1.82, 2.24) is 19.9 Å². The molecule has 4 aromatic rings. The van der Waals surface area contributed by atoms with E-state index in [4.69, 9.17) is 26.6 Å². The highest BCUT2D eigenvalue weighted by molar-refractivity contribution is 7.98. The summed E-state index contributed by atoms with van der Waals surface area (Å²) in [6.45, 7) is 0. The molecular weight excluding hydrogens is 398 g/mol. The van der Waals surface area contributed by atoms with Gasteiger partial charge in [-0.05, 0) is 36.4 Å². The molecule has 2 heterocycles. The minimum absolute atomic E-state index is 0.530. The van der Waals surface area contributed by atoms with E-state index in [1.54, 1.807) is 25.5 Å².